The van der Waals surface area contributed by atoms with Crippen molar-refractivity contribution in [1.29, 1.82) is 0 Å². The number of fused-ring (bicyclic) bond motifs is 1. The smallest absolute Gasteiger partial charge is 0.428 e. The maximum atomic E-state index is 13.3. The Morgan fingerprint density at radius 3 is 2.42 bits per heavy atom. The summed E-state index contributed by atoms with van der Waals surface area (Å²) in [6, 6.07) is 0. The summed E-state index contributed by atoms with van der Waals surface area (Å²) in [5.41, 5.74) is -0.00455. The summed E-state index contributed by atoms with van der Waals surface area (Å²) < 4.78 is 46.1. The van der Waals surface area contributed by atoms with Crippen molar-refractivity contribution in [2.45, 2.75) is 84.2 Å². The Hall–Kier alpha value is -2.63. The van der Waals surface area contributed by atoms with Gasteiger partial charge in [-0.05, 0) is 59.4 Å². The van der Waals surface area contributed by atoms with Crippen LogP contribution in [0.15, 0.2) is 14.7 Å². The molecule has 0 spiro atoms. The fourth-order valence-electron chi connectivity index (χ4n) is 3.76. The highest BCUT2D eigenvalue weighted by Gasteiger charge is 2.38. The number of amides is 1. The van der Waals surface area contributed by atoms with Crippen molar-refractivity contribution in [2.24, 2.45) is 5.10 Å². The Morgan fingerprint density at radius 1 is 1.27 bits per heavy atom. The van der Waals surface area contributed by atoms with Crippen LogP contribution in [0.25, 0.3) is 10.2 Å². The quantitative estimate of drug-likeness (QED) is 0.503. The zero-order chi connectivity index (χ0) is 24.8. The number of carbonyl (C=O) groups excluding carboxylic acids is 1. The number of ether oxygens (including phenoxy) is 1. The summed E-state index contributed by atoms with van der Waals surface area (Å²) in [4.78, 5) is 38.9. The summed E-state index contributed by atoms with van der Waals surface area (Å²) >= 11 is 0.980. The molecule has 3 rings (SSSR count). The second-order valence-corrected chi connectivity index (χ2v) is 10.5. The average Bonchev–Trinajstić information content (AvgIpc) is 2.94. The van der Waals surface area contributed by atoms with Gasteiger partial charge in [0.1, 0.15) is 10.4 Å². The molecule has 182 valence electrons. The van der Waals surface area contributed by atoms with E-state index in [1.807, 2.05) is 0 Å². The Kier molecular flexibility index (Phi) is 6.53. The first-order chi connectivity index (χ1) is 15.1. The molecule has 0 aromatic carbocycles. The number of hydrogen-bond donors (Lipinski definition) is 1. The summed E-state index contributed by atoms with van der Waals surface area (Å²) in [6.45, 7) is 7.90. The zero-order valence-electron chi connectivity index (χ0n) is 19.1. The van der Waals surface area contributed by atoms with Crippen molar-refractivity contribution >= 4 is 33.9 Å². The molecule has 1 saturated carbocycles. The number of carbonyl (C=O) groups is 1. The molecule has 33 heavy (non-hydrogen) atoms. The lowest BCUT2D eigenvalue weighted by Gasteiger charge is -2.39. The highest BCUT2D eigenvalue weighted by Crippen LogP contribution is 2.37. The predicted molar refractivity (Wildman–Crippen MR) is 120 cm³/mol. The van der Waals surface area contributed by atoms with Crippen LogP contribution >= 0.6 is 11.3 Å². The third kappa shape index (κ3) is 5.31. The van der Waals surface area contributed by atoms with Crippen LogP contribution in [0.1, 0.15) is 63.8 Å². The zero-order valence-corrected chi connectivity index (χ0v) is 19.9. The molecule has 0 unspecified atom stereocenters. The third-order valence-corrected chi connectivity index (χ3v) is 6.82. The van der Waals surface area contributed by atoms with Crippen LogP contribution < -0.4 is 16.7 Å². The lowest BCUT2D eigenvalue weighted by atomic mass is 9.78. The Labute approximate surface area is 192 Å². The van der Waals surface area contributed by atoms with Gasteiger partial charge in [0.05, 0.1) is 22.9 Å². The average molecular weight is 489 g/mol. The van der Waals surface area contributed by atoms with Crippen LogP contribution in [0, 0.1) is 6.92 Å². The third-order valence-electron chi connectivity index (χ3n) is 5.58. The fourth-order valence-corrected chi connectivity index (χ4v) is 4.95. The molecule has 2 aromatic rings. The molecular formula is C21H27F3N4O4S. The van der Waals surface area contributed by atoms with E-state index in [1.165, 1.54) is 6.21 Å². The van der Waals surface area contributed by atoms with Crippen LogP contribution in [0.5, 0.6) is 0 Å². The van der Waals surface area contributed by atoms with Crippen LogP contribution in [-0.4, -0.2) is 33.2 Å². The second kappa shape index (κ2) is 8.62. The van der Waals surface area contributed by atoms with E-state index in [4.69, 9.17) is 4.74 Å². The van der Waals surface area contributed by atoms with Crippen molar-refractivity contribution in [3.05, 3.63) is 31.3 Å². The van der Waals surface area contributed by atoms with E-state index in [2.05, 4.69) is 10.5 Å². The Balaban J connectivity index is 2.09. The van der Waals surface area contributed by atoms with Crippen molar-refractivity contribution in [1.82, 2.24) is 14.6 Å². The molecule has 1 aliphatic carbocycles. The normalized spacial score (nSPS) is 16.2. The minimum absolute atomic E-state index is 0.157. The van der Waals surface area contributed by atoms with E-state index >= 15 is 0 Å². The molecular weight excluding hydrogens is 461 g/mol. The van der Waals surface area contributed by atoms with Gasteiger partial charge in [-0.3, -0.25) is 13.9 Å². The Morgan fingerprint density at radius 2 is 1.91 bits per heavy atom. The molecule has 0 radical (unpaired) electrons. The first-order valence-corrected chi connectivity index (χ1v) is 11.3. The van der Waals surface area contributed by atoms with E-state index in [0.29, 0.717) is 23.3 Å². The molecule has 1 N–H and O–H groups in total. The fraction of sp³-hybridized carbons (Fsp3) is 0.619. The monoisotopic (exact) mass is 488 g/mol. The van der Waals surface area contributed by atoms with Gasteiger partial charge in [0.15, 0.2) is 0 Å². The van der Waals surface area contributed by atoms with Crippen molar-refractivity contribution in [3.63, 3.8) is 0 Å². The SMILES string of the molecule is Cc1c(C=NNC(=O)OC(C)(C)C)sc2c1c(=O)n(C1(C)CCC1)c(=O)n2CCC(F)(F)F. The standard InChI is InChI=1S/C21H27F3N4O4S/c1-12-13(11-25-26-17(30)32-19(2,3)4)33-16-14(12)15(29)28(20(5)7-6-8-20)18(31)27(16)10-9-21(22,23)24/h11H,6-10H2,1-5H3,(H,26,30). The number of thiophene rings is 1. The van der Waals surface area contributed by atoms with Gasteiger partial charge in [-0.1, -0.05) is 0 Å². The van der Waals surface area contributed by atoms with Gasteiger partial charge >= 0.3 is 18.0 Å². The maximum Gasteiger partial charge on any atom is 0.428 e. The first kappa shape index (κ1) is 25.0. The molecule has 1 amide bonds. The summed E-state index contributed by atoms with van der Waals surface area (Å²) in [5, 5.41) is 4.02. The number of aryl methyl sites for hydroxylation is 2. The summed E-state index contributed by atoms with van der Waals surface area (Å²) in [6.07, 6.45) is -3.11. The van der Waals surface area contributed by atoms with Crippen molar-refractivity contribution in [3.8, 4) is 0 Å². The number of halogens is 3. The first-order valence-electron chi connectivity index (χ1n) is 10.5. The van der Waals surface area contributed by atoms with Crippen LogP contribution in [-0.2, 0) is 16.8 Å². The van der Waals surface area contributed by atoms with Gasteiger partial charge in [-0.15, -0.1) is 11.3 Å². The molecule has 2 aromatic heterocycles. The maximum absolute atomic E-state index is 13.3. The van der Waals surface area contributed by atoms with Gasteiger partial charge in [-0.2, -0.15) is 18.3 Å². The molecule has 1 fully saturated rings. The van der Waals surface area contributed by atoms with E-state index in [0.717, 1.165) is 26.9 Å². The number of rotatable bonds is 5. The van der Waals surface area contributed by atoms with E-state index < -0.39 is 47.6 Å². The molecule has 0 saturated heterocycles. The molecule has 8 nitrogen and oxygen atoms in total. The Bertz CT molecular complexity index is 1210. The minimum atomic E-state index is -4.46. The number of hydrazone groups is 1. The van der Waals surface area contributed by atoms with Crippen molar-refractivity contribution < 1.29 is 22.7 Å². The number of nitrogens with zero attached hydrogens (tertiary/aromatic N) is 3. The highest BCUT2D eigenvalue weighted by atomic mass is 32.1. The lowest BCUT2D eigenvalue weighted by molar-refractivity contribution is -0.136. The number of hydrogen-bond acceptors (Lipinski definition) is 6. The molecule has 0 aliphatic heterocycles. The van der Waals surface area contributed by atoms with Crippen LogP contribution in [0.3, 0.4) is 0 Å². The van der Waals surface area contributed by atoms with Gasteiger partial charge in [0.25, 0.3) is 5.56 Å². The number of aromatic nitrogens is 2. The van der Waals surface area contributed by atoms with Gasteiger partial charge in [0, 0.05) is 12.1 Å². The van der Waals surface area contributed by atoms with E-state index in [-0.39, 0.29) is 10.2 Å². The van der Waals surface area contributed by atoms with Gasteiger partial charge < -0.3 is 4.74 Å². The minimum Gasteiger partial charge on any atom is -0.443 e. The lowest BCUT2D eigenvalue weighted by Crippen LogP contribution is -2.53. The van der Waals surface area contributed by atoms with Crippen LogP contribution in [0.2, 0.25) is 0 Å². The van der Waals surface area contributed by atoms with E-state index in [9.17, 15) is 27.6 Å². The molecule has 12 heteroatoms. The van der Waals surface area contributed by atoms with E-state index in [1.54, 1.807) is 34.6 Å². The van der Waals surface area contributed by atoms with Crippen molar-refractivity contribution in [2.75, 3.05) is 0 Å². The summed E-state index contributed by atoms with van der Waals surface area (Å²) in [5.74, 6) is 0. The summed E-state index contributed by atoms with van der Waals surface area (Å²) in [7, 11) is 0. The molecule has 2 heterocycles. The molecule has 1 aliphatic rings. The molecule has 0 bridgehead atoms. The number of nitrogens with one attached hydrogen (secondary N) is 1. The highest BCUT2D eigenvalue weighted by molar-refractivity contribution is 7.20. The molecule has 0 atom stereocenters. The van der Waals surface area contributed by atoms with Gasteiger partial charge in [-0.25, -0.2) is 15.0 Å². The van der Waals surface area contributed by atoms with Crippen LogP contribution in [0.4, 0.5) is 18.0 Å². The predicted octanol–water partition coefficient (Wildman–Crippen LogP) is 4.24. The second-order valence-electron chi connectivity index (χ2n) is 9.43. The topological polar surface area (TPSA) is 94.7 Å². The van der Waals surface area contributed by atoms with Gasteiger partial charge in [0.2, 0.25) is 0 Å². The largest absolute Gasteiger partial charge is 0.443 e. The number of alkyl halides is 3.